The maximum Gasteiger partial charge on any atom is 0.337 e. The summed E-state index contributed by atoms with van der Waals surface area (Å²) in [6.45, 7) is 2.91. The Kier molecular flexibility index (Phi) is 5.13. The number of aromatic amines is 1. The van der Waals surface area contributed by atoms with Gasteiger partial charge in [0.1, 0.15) is 11.9 Å². The second-order valence-electron chi connectivity index (χ2n) is 7.53. The van der Waals surface area contributed by atoms with Gasteiger partial charge < -0.3 is 14.6 Å². The molecule has 1 aromatic heterocycles. The Labute approximate surface area is 158 Å². The standard InChI is InChI=1S/C20H25N3O4/c1-26-20(25)14-2-4-17(5-3-14)27-19-7-16-12-23(10-13-8-21-22-9-13)11-15(16)6-18(19)24/h2-5,8-9,15-16,18-19,24H,6-7,10-12H2,1H3,(H,21,22)/t15-,16+,18+,19+/m0/s1. The Morgan fingerprint density at radius 2 is 2.00 bits per heavy atom. The van der Waals surface area contributed by atoms with Crippen molar-refractivity contribution in [3.05, 3.63) is 47.8 Å². The molecule has 7 heteroatoms. The minimum atomic E-state index is -0.472. The molecule has 0 bridgehead atoms. The Morgan fingerprint density at radius 3 is 2.67 bits per heavy atom. The minimum Gasteiger partial charge on any atom is -0.488 e. The van der Waals surface area contributed by atoms with Gasteiger partial charge in [0.25, 0.3) is 0 Å². The molecule has 7 nitrogen and oxygen atoms in total. The Morgan fingerprint density at radius 1 is 1.26 bits per heavy atom. The molecular formula is C20H25N3O4. The number of methoxy groups -OCH3 is 1. The first-order chi connectivity index (χ1) is 13.1. The number of aliphatic hydroxyl groups is 1. The number of nitrogens with zero attached hydrogens (tertiary/aromatic N) is 2. The molecule has 0 radical (unpaired) electrons. The lowest BCUT2D eigenvalue weighted by Crippen LogP contribution is -2.42. The van der Waals surface area contributed by atoms with Crippen molar-refractivity contribution in [2.45, 2.75) is 31.6 Å². The van der Waals surface area contributed by atoms with E-state index in [0.29, 0.717) is 23.1 Å². The summed E-state index contributed by atoms with van der Waals surface area (Å²) in [5.41, 5.74) is 1.67. The lowest BCUT2D eigenvalue weighted by molar-refractivity contribution is -0.0231. The summed E-state index contributed by atoms with van der Waals surface area (Å²) in [5.74, 6) is 1.33. The van der Waals surface area contributed by atoms with E-state index in [9.17, 15) is 9.90 Å². The zero-order valence-corrected chi connectivity index (χ0v) is 15.4. The molecule has 1 saturated heterocycles. The molecule has 4 atom stereocenters. The number of aliphatic hydroxyl groups excluding tert-OH is 1. The molecule has 0 amide bonds. The number of carbonyl (C=O) groups excluding carboxylic acids is 1. The fourth-order valence-electron chi connectivity index (χ4n) is 4.33. The van der Waals surface area contributed by atoms with Gasteiger partial charge in [-0.25, -0.2) is 4.79 Å². The molecule has 2 aliphatic rings. The van der Waals surface area contributed by atoms with E-state index < -0.39 is 6.10 Å². The van der Waals surface area contributed by atoms with E-state index in [2.05, 4.69) is 15.1 Å². The molecule has 2 fully saturated rings. The van der Waals surface area contributed by atoms with Crippen molar-refractivity contribution in [3.8, 4) is 5.75 Å². The van der Waals surface area contributed by atoms with Crippen LogP contribution in [0, 0.1) is 11.8 Å². The smallest absolute Gasteiger partial charge is 0.337 e. The van der Waals surface area contributed by atoms with Crippen molar-refractivity contribution in [2.75, 3.05) is 20.2 Å². The summed E-state index contributed by atoms with van der Waals surface area (Å²) in [7, 11) is 1.36. The number of rotatable bonds is 5. The molecule has 0 spiro atoms. The summed E-state index contributed by atoms with van der Waals surface area (Å²) in [5, 5.41) is 17.4. The number of carbonyl (C=O) groups is 1. The minimum absolute atomic E-state index is 0.218. The zero-order valence-electron chi connectivity index (χ0n) is 15.4. The van der Waals surface area contributed by atoms with Gasteiger partial charge in [-0.1, -0.05) is 0 Å². The number of ether oxygens (including phenoxy) is 2. The molecule has 0 unspecified atom stereocenters. The van der Waals surface area contributed by atoms with Crippen LogP contribution in [0.15, 0.2) is 36.7 Å². The lowest BCUT2D eigenvalue weighted by atomic mass is 9.78. The number of hydrogen-bond donors (Lipinski definition) is 2. The van der Waals surface area contributed by atoms with Crippen molar-refractivity contribution >= 4 is 5.97 Å². The highest BCUT2D eigenvalue weighted by Gasteiger charge is 2.42. The molecule has 4 rings (SSSR count). The van der Waals surface area contributed by atoms with Crippen LogP contribution in [0.5, 0.6) is 5.75 Å². The van der Waals surface area contributed by atoms with Crippen LogP contribution >= 0.6 is 0 Å². The SMILES string of the molecule is COC(=O)c1ccc(O[C@@H]2C[C@@H]3CN(Cc4cn[nH]c4)C[C@@H]3C[C@H]2O)cc1. The number of esters is 1. The first kappa shape index (κ1) is 18.0. The highest BCUT2D eigenvalue weighted by atomic mass is 16.5. The molecule has 144 valence electrons. The molecule has 1 aliphatic heterocycles. The van der Waals surface area contributed by atoms with Crippen LogP contribution in [0.4, 0.5) is 0 Å². The topological polar surface area (TPSA) is 87.7 Å². The molecule has 1 aromatic carbocycles. The van der Waals surface area contributed by atoms with Gasteiger partial charge in [0, 0.05) is 31.4 Å². The lowest BCUT2D eigenvalue weighted by Gasteiger charge is -2.35. The maximum absolute atomic E-state index is 11.5. The van der Waals surface area contributed by atoms with Crippen molar-refractivity contribution in [1.29, 1.82) is 0 Å². The van der Waals surface area contributed by atoms with Gasteiger partial charge in [0.15, 0.2) is 0 Å². The van der Waals surface area contributed by atoms with Crippen molar-refractivity contribution in [2.24, 2.45) is 11.8 Å². The number of H-pyrrole nitrogens is 1. The molecule has 2 N–H and O–H groups in total. The Bertz CT molecular complexity index is 762. The number of aromatic nitrogens is 2. The van der Waals surface area contributed by atoms with Crippen LogP contribution in [-0.2, 0) is 11.3 Å². The molecule has 1 aliphatic carbocycles. The average molecular weight is 371 g/mol. The van der Waals surface area contributed by atoms with Crippen molar-refractivity contribution in [1.82, 2.24) is 15.1 Å². The Hall–Kier alpha value is -2.38. The van der Waals surface area contributed by atoms with Gasteiger partial charge >= 0.3 is 5.97 Å². The third kappa shape index (κ3) is 3.99. The van der Waals surface area contributed by atoms with Gasteiger partial charge in [0.05, 0.1) is 25.0 Å². The summed E-state index contributed by atoms with van der Waals surface area (Å²) in [4.78, 5) is 14.0. The van der Waals surface area contributed by atoms with E-state index in [4.69, 9.17) is 9.47 Å². The van der Waals surface area contributed by atoms with E-state index in [1.165, 1.54) is 12.7 Å². The van der Waals surface area contributed by atoms with Gasteiger partial charge in [-0.15, -0.1) is 0 Å². The second-order valence-corrected chi connectivity index (χ2v) is 7.53. The first-order valence-corrected chi connectivity index (χ1v) is 9.35. The Balaban J connectivity index is 1.36. The third-order valence-corrected chi connectivity index (χ3v) is 5.68. The van der Waals surface area contributed by atoms with Crippen molar-refractivity contribution in [3.63, 3.8) is 0 Å². The average Bonchev–Trinajstić information content (AvgIpc) is 3.31. The molecular weight excluding hydrogens is 346 g/mol. The molecule has 27 heavy (non-hydrogen) atoms. The number of hydrogen-bond acceptors (Lipinski definition) is 6. The monoisotopic (exact) mass is 371 g/mol. The van der Waals surface area contributed by atoms with Crippen LogP contribution < -0.4 is 4.74 Å². The predicted molar refractivity (Wildman–Crippen MR) is 98.3 cm³/mol. The van der Waals surface area contributed by atoms with Gasteiger partial charge in [-0.2, -0.15) is 5.10 Å². The highest BCUT2D eigenvalue weighted by Crippen LogP contribution is 2.38. The fourth-order valence-corrected chi connectivity index (χ4v) is 4.33. The quantitative estimate of drug-likeness (QED) is 0.780. The van der Waals surface area contributed by atoms with Gasteiger partial charge in [0.2, 0.25) is 0 Å². The van der Waals surface area contributed by atoms with Gasteiger partial charge in [-0.3, -0.25) is 10.00 Å². The van der Waals surface area contributed by atoms with Crippen molar-refractivity contribution < 1.29 is 19.4 Å². The van der Waals surface area contributed by atoms with Crippen LogP contribution in [0.1, 0.15) is 28.8 Å². The first-order valence-electron chi connectivity index (χ1n) is 9.35. The van der Waals surface area contributed by atoms with Gasteiger partial charge in [-0.05, 0) is 48.9 Å². The number of benzene rings is 1. The van der Waals surface area contributed by atoms with E-state index in [0.717, 1.165) is 32.5 Å². The summed E-state index contributed by atoms with van der Waals surface area (Å²) >= 11 is 0. The van der Waals surface area contributed by atoms with Crippen LogP contribution in [0.2, 0.25) is 0 Å². The third-order valence-electron chi connectivity index (χ3n) is 5.68. The highest BCUT2D eigenvalue weighted by molar-refractivity contribution is 5.89. The normalized spacial score (nSPS) is 27.9. The van der Waals surface area contributed by atoms with Crippen LogP contribution in [0.25, 0.3) is 0 Å². The second kappa shape index (κ2) is 7.70. The summed E-state index contributed by atoms with van der Waals surface area (Å²) < 4.78 is 10.8. The van der Waals surface area contributed by atoms with E-state index in [1.54, 1.807) is 24.3 Å². The number of fused-ring (bicyclic) bond motifs is 1. The predicted octanol–water partition coefficient (Wildman–Crippen LogP) is 1.85. The zero-order chi connectivity index (χ0) is 18.8. The van der Waals surface area contributed by atoms with Crippen LogP contribution in [0.3, 0.4) is 0 Å². The number of nitrogens with one attached hydrogen (secondary N) is 1. The number of likely N-dealkylation sites (tertiary alicyclic amines) is 1. The van der Waals surface area contributed by atoms with E-state index >= 15 is 0 Å². The fraction of sp³-hybridized carbons (Fsp3) is 0.500. The molecule has 2 aromatic rings. The molecule has 2 heterocycles. The maximum atomic E-state index is 11.5. The largest absolute Gasteiger partial charge is 0.488 e. The van der Waals surface area contributed by atoms with E-state index in [1.807, 2.05) is 12.4 Å². The summed E-state index contributed by atoms with van der Waals surface area (Å²) in [6, 6.07) is 6.87. The summed E-state index contributed by atoms with van der Waals surface area (Å²) in [6.07, 6.45) is 4.70. The van der Waals surface area contributed by atoms with Crippen LogP contribution in [-0.4, -0.2) is 58.6 Å². The molecule has 1 saturated carbocycles. The van der Waals surface area contributed by atoms with E-state index in [-0.39, 0.29) is 12.1 Å².